The van der Waals surface area contributed by atoms with E-state index in [0.717, 1.165) is 6.42 Å². The van der Waals surface area contributed by atoms with Gasteiger partial charge in [-0.3, -0.25) is 14.9 Å². The maximum atomic E-state index is 12.0. The third kappa shape index (κ3) is 9.05. The summed E-state index contributed by atoms with van der Waals surface area (Å²) in [5, 5.41) is 7.51. The van der Waals surface area contributed by atoms with Gasteiger partial charge in [-0.25, -0.2) is 9.59 Å². The van der Waals surface area contributed by atoms with Gasteiger partial charge in [0.05, 0.1) is 0 Å². The first-order valence-corrected chi connectivity index (χ1v) is 8.87. The molecular formula is C18H24ClN3O5. The van der Waals surface area contributed by atoms with Crippen molar-refractivity contribution in [3.8, 4) is 0 Å². The number of benzene rings is 1. The number of amides is 4. The molecular weight excluding hydrogens is 374 g/mol. The summed E-state index contributed by atoms with van der Waals surface area (Å²) in [7, 11) is 0. The summed E-state index contributed by atoms with van der Waals surface area (Å²) in [6.45, 7) is 5.25. The van der Waals surface area contributed by atoms with Gasteiger partial charge < -0.3 is 15.4 Å². The molecule has 148 valence electrons. The maximum absolute atomic E-state index is 12.0. The molecule has 0 radical (unpaired) electrons. The van der Waals surface area contributed by atoms with E-state index in [0.29, 0.717) is 23.0 Å². The van der Waals surface area contributed by atoms with E-state index in [1.165, 1.54) is 19.1 Å². The second kappa shape index (κ2) is 11.2. The Bertz CT molecular complexity index is 676. The molecule has 0 saturated heterocycles. The molecule has 0 aromatic heterocycles. The fraction of sp³-hybridized carbons (Fsp3) is 0.444. The monoisotopic (exact) mass is 397 g/mol. The Morgan fingerprint density at radius 3 is 2.30 bits per heavy atom. The molecule has 0 saturated carbocycles. The average Bonchev–Trinajstić information content (AvgIpc) is 2.59. The quantitative estimate of drug-likeness (QED) is 0.579. The highest BCUT2D eigenvalue weighted by atomic mass is 35.5. The number of carbonyl (C=O) groups is 4. The van der Waals surface area contributed by atoms with Crippen molar-refractivity contribution in [1.29, 1.82) is 0 Å². The van der Waals surface area contributed by atoms with Gasteiger partial charge >= 0.3 is 12.0 Å². The summed E-state index contributed by atoms with van der Waals surface area (Å²) in [6, 6.07) is 4.51. The molecule has 3 N–H and O–H groups in total. The molecule has 0 aliphatic carbocycles. The van der Waals surface area contributed by atoms with Crippen LogP contribution >= 0.6 is 11.6 Å². The standard InChI is InChI=1S/C18H24ClN3O5/c1-11(2)8-9-20-18(26)22-15(23)10-27-17(25)12(3)21-16(24)13-4-6-14(19)7-5-13/h4-7,11-12H,8-10H2,1-3H3,(H,21,24)(H2,20,22,23,26)/t12-/m0/s1. The Hall–Kier alpha value is -2.61. The van der Waals surface area contributed by atoms with Crippen LogP contribution in [0.4, 0.5) is 4.79 Å². The summed E-state index contributed by atoms with van der Waals surface area (Å²) in [6.07, 6.45) is 0.779. The predicted molar refractivity (Wildman–Crippen MR) is 100 cm³/mol. The molecule has 1 rings (SSSR count). The molecule has 0 aliphatic rings. The smallest absolute Gasteiger partial charge is 0.328 e. The highest BCUT2D eigenvalue weighted by Gasteiger charge is 2.19. The second-order valence-electron chi connectivity index (χ2n) is 6.30. The van der Waals surface area contributed by atoms with Crippen LogP contribution in [0.15, 0.2) is 24.3 Å². The molecule has 0 unspecified atom stereocenters. The van der Waals surface area contributed by atoms with Gasteiger partial charge in [-0.15, -0.1) is 0 Å². The van der Waals surface area contributed by atoms with Crippen LogP contribution in [0.25, 0.3) is 0 Å². The average molecular weight is 398 g/mol. The topological polar surface area (TPSA) is 114 Å². The maximum Gasteiger partial charge on any atom is 0.328 e. The van der Waals surface area contributed by atoms with E-state index in [4.69, 9.17) is 16.3 Å². The molecule has 27 heavy (non-hydrogen) atoms. The lowest BCUT2D eigenvalue weighted by Gasteiger charge is -2.13. The van der Waals surface area contributed by atoms with Crippen molar-refractivity contribution in [2.45, 2.75) is 33.2 Å². The molecule has 1 aromatic carbocycles. The van der Waals surface area contributed by atoms with E-state index in [2.05, 4.69) is 16.0 Å². The van der Waals surface area contributed by atoms with Gasteiger partial charge in [0.1, 0.15) is 6.04 Å². The van der Waals surface area contributed by atoms with Crippen molar-refractivity contribution in [3.05, 3.63) is 34.9 Å². The third-order valence-electron chi connectivity index (χ3n) is 3.41. The van der Waals surface area contributed by atoms with E-state index in [1.807, 2.05) is 13.8 Å². The number of imide groups is 1. The van der Waals surface area contributed by atoms with Crippen molar-refractivity contribution in [2.24, 2.45) is 5.92 Å². The number of halogens is 1. The van der Waals surface area contributed by atoms with Crippen LogP contribution < -0.4 is 16.0 Å². The summed E-state index contributed by atoms with van der Waals surface area (Å²) < 4.78 is 4.80. The Kier molecular flexibility index (Phi) is 9.29. The van der Waals surface area contributed by atoms with Gasteiger partial charge in [-0.05, 0) is 43.5 Å². The zero-order valence-electron chi connectivity index (χ0n) is 15.5. The Morgan fingerprint density at radius 1 is 1.07 bits per heavy atom. The Balaban J connectivity index is 2.33. The van der Waals surface area contributed by atoms with Crippen molar-refractivity contribution in [3.63, 3.8) is 0 Å². The first-order valence-electron chi connectivity index (χ1n) is 8.49. The lowest BCUT2D eigenvalue weighted by Crippen LogP contribution is -2.44. The molecule has 9 heteroatoms. The SMILES string of the molecule is CC(C)CCNC(=O)NC(=O)COC(=O)[C@H](C)NC(=O)c1ccc(Cl)cc1. The minimum absolute atomic E-state index is 0.329. The fourth-order valence-electron chi connectivity index (χ4n) is 1.88. The predicted octanol–water partition coefficient (Wildman–Crippen LogP) is 1.87. The second-order valence-corrected chi connectivity index (χ2v) is 6.73. The van der Waals surface area contributed by atoms with Crippen LogP contribution in [0.1, 0.15) is 37.6 Å². The zero-order valence-corrected chi connectivity index (χ0v) is 16.3. The van der Waals surface area contributed by atoms with Gasteiger partial charge in [0.2, 0.25) is 0 Å². The van der Waals surface area contributed by atoms with Crippen molar-refractivity contribution < 1.29 is 23.9 Å². The minimum atomic E-state index is -0.971. The number of ether oxygens (including phenoxy) is 1. The summed E-state index contributed by atoms with van der Waals surface area (Å²) in [4.78, 5) is 47.0. The molecule has 8 nitrogen and oxygen atoms in total. The summed E-state index contributed by atoms with van der Waals surface area (Å²) >= 11 is 5.75. The van der Waals surface area contributed by atoms with Gasteiger partial charge in [0.25, 0.3) is 11.8 Å². The van der Waals surface area contributed by atoms with Crippen molar-refractivity contribution in [1.82, 2.24) is 16.0 Å². The molecule has 4 amide bonds. The largest absolute Gasteiger partial charge is 0.454 e. The number of carbonyl (C=O) groups excluding carboxylic acids is 4. The highest BCUT2D eigenvalue weighted by Crippen LogP contribution is 2.09. The molecule has 1 atom stereocenters. The first kappa shape index (κ1) is 22.4. The van der Waals surface area contributed by atoms with Crippen molar-refractivity contribution in [2.75, 3.05) is 13.2 Å². The van der Waals surface area contributed by atoms with Gasteiger partial charge in [0.15, 0.2) is 6.61 Å². The normalized spacial score (nSPS) is 11.4. The van der Waals surface area contributed by atoms with Crippen LogP contribution in [0.5, 0.6) is 0 Å². The number of hydrogen-bond donors (Lipinski definition) is 3. The highest BCUT2D eigenvalue weighted by molar-refractivity contribution is 6.30. The van der Waals surface area contributed by atoms with E-state index >= 15 is 0 Å². The van der Waals surface area contributed by atoms with Crippen LogP contribution in [-0.2, 0) is 14.3 Å². The van der Waals surface area contributed by atoms with E-state index in [-0.39, 0.29) is 0 Å². The summed E-state index contributed by atoms with van der Waals surface area (Å²) in [5.74, 6) is -1.62. The van der Waals surface area contributed by atoms with Crippen LogP contribution in [-0.4, -0.2) is 43.0 Å². The lowest BCUT2D eigenvalue weighted by molar-refractivity contribution is -0.149. The van der Waals surface area contributed by atoms with Gasteiger partial charge in [0, 0.05) is 17.1 Å². The molecule has 0 fully saturated rings. The number of nitrogens with one attached hydrogen (secondary N) is 3. The molecule has 1 aromatic rings. The van der Waals surface area contributed by atoms with Crippen LogP contribution in [0.2, 0.25) is 5.02 Å². The Labute approximate surface area is 163 Å². The molecule has 0 aliphatic heterocycles. The lowest BCUT2D eigenvalue weighted by atomic mass is 10.1. The van der Waals surface area contributed by atoms with Crippen LogP contribution in [0.3, 0.4) is 0 Å². The number of rotatable bonds is 8. The minimum Gasteiger partial charge on any atom is -0.454 e. The van der Waals surface area contributed by atoms with Crippen LogP contribution in [0, 0.1) is 5.92 Å². The van der Waals surface area contributed by atoms with E-state index in [9.17, 15) is 19.2 Å². The summed E-state index contributed by atoms with van der Waals surface area (Å²) in [5.41, 5.74) is 0.329. The molecule has 0 bridgehead atoms. The zero-order chi connectivity index (χ0) is 20.4. The van der Waals surface area contributed by atoms with Gasteiger partial charge in [-0.2, -0.15) is 0 Å². The number of urea groups is 1. The first-order chi connectivity index (χ1) is 12.7. The van der Waals surface area contributed by atoms with E-state index < -0.39 is 36.5 Å². The molecule has 0 spiro atoms. The fourth-order valence-corrected chi connectivity index (χ4v) is 2.01. The number of esters is 1. The van der Waals surface area contributed by atoms with Crippen molar-refractivity contribution >= 4 is 35.4 Å². The number of hydrogen-bond acceptors (Lipinski definition) is 5. The van der Waals surface area contributed by atoms with Gasteiger partial charge in [-0.1, -0.05) is 25.4 Å². The van der Waals surface area contributed by atoms with E-state index in [1.54, 1.807) is 12.1 Å². The third-order valence-corrected chi connectivity index (χ3v) is 3.67. The Morgan fingerprint density at radius 2 is 1.70 bits per heavy atom. The molecule has 0 heterocycles.